The smallest absolute Gasteiger partial charge is 0.207 e. The summed E-state index contributed by atoms with van der Waals surface area (Å²) in [6.45, 7) is 7.18. The van der Waals surface area contributed by atoms with Crippen molar-refractivity contribution in [3.05, 3.63) is 28.8 Å². The van der Waals surface area contributed by atoms with Crippen molar-refractivity contribution in [2.75, 3.05) is 13.1 Å². The molecule has 0 atom stereocenters. The number of rotatable bonds is 2. The molecule has 0 aromatic heterocycles. The van der Waals surface area contributed by atoms with Crippen molar-refractivity contribution >= 4 is 10.0 Å². The van der Waals surface area contributed by atoms with Crippen molar-refractivity contribution in [3.63, 3.8) is 0 Å². The summed E-state index contributed by atoms with van der Waals surface area (Å²) in [7, 11) is -3.30. The normalized spacial score (nSPS) is 17.9. The first-order chi connectivity index (χ1) is 8.43. The molecule has 1 saturated heterocycles. The summed E-state index contributed by atoms with van der Waals surface area (Å²) >= 11 is 0. The van der Waals surface area contributed by atoms with Crippen LogP contribution in [0.5, 0.6) is 0 Å². The fraction of sp³-hybridized carbons (Fsp3) is 0.571. The monoisotopic (exact) mass is 267 g/mol. The van der Waals surface area contributed by atoms with E-state index in [2.05, 4.69) is 0 Å². The van der Waals surface area contributed by atoms with E-state index in [1.54, 1.807) is 4.31 Å². The molecule has 1 heterocycles. The Morgan fingerprint density at radius 2 is 1.44 bits per heavy atom. The maximum atomic E-state index is 12.6. The lowest BCUT2D eigenvalue weighted by Gasteiger charge is -2.26. The molecule has 0 spiro atoms. The van der Waals surface area contributed by atoms with Crippen LogP contribution >= 0.6 is 0 Å². The van der Waals surface area contributed by atoms with E-state index in [4.69, 9.17) is 0 Å². The van der Waals surface area contributed by atoms with E-state index in [0.717, 1.165) is 36.0 Å². The van der Waals surface area contributed by atoms with Crippen molar-refractivity contribution in [3.8, 4) is 0 Å². The lowest BCUT2D eigenvalue weighted by molar-refractivity contribution is 0.346. The van der Waals surface area contributed by atoms with Gasteiger partial charge in [0.2, 0.25) is 10.0 Å². The van der Waals surface area contributed by atoms with Crippen LogP contribution in [0.2, 0.25) is 0 Å². The Morgan fingerprint density at radius 1 is 0.889 bits per heavy atom. The highest BCUT2D eigenvalue weighted by Gasteiger charge is 2.27. The van der Waals surface area contributed by atoms with Crippen LogP contribution in [0.1, 0.15) is 36.0 Å². The van der Waals surface area contributed by atoms with Gasteiger partial charge in [-0.3, -0.25) is 0 Å². The second-order valence-electron chi connectivity index (χ2n) is 5.17. The molecule has 3 nitrogen and oxygen atoms in total. The van der Waals surface area contributed by atoms with Crippen molar-refractivity contribution in [1.82, 2.24) is 4.31 Å². The summed E-state index contributed by atoms with van der Waals surface area (Å²) in [6, 6.07) is 3.78. The summed E-state index contributed by atoms with van der Waals surface area (Å²) in [5.41, 5.74) is 3.03. The first kappa shape index (κ1) is 13.6. The number of hydrogen-bond acceptors (Lipinski definition) is 2. The molecule has 0 radical (unpaired) electrons. The zero-order valence-electron chi connectivity index (χ0n) is 11.4. The fourth-order valence-corrected chi connectivity index (χ4v) is 4.26. The summed E-state index contributed by atoms with van der Waals surface area (Å²) < 4.78 is 26.8. The summed E-state index contributed by atoms with van der Waals surface area (Å²) in [5.74, 6) is 0. The maximum absolute atomic E-state index is 12.6. The first-order valence-corrected chi connectivity index (χ1v) is 7.95. The van der Waals surface area contributed by atoms with Crippen LogP contribution in [0.4, 0.5) is 0 Å². The number of piperidine rings is 1. The van der Waals surface area contributed by atoms with E-state index in [1.165, 1.54) is 0 Å². The molecule has 0 unspecified atom stereocenters. The molecule has 1 aromatic carbocycles. The molecule has 0 amide bonds. The average molecular weight is 267 g/mol. The third kappa shape index (κ3) is 2.45. The predicted molar refractivity (Wildman–Crippen MR) is 73.3 cm³/mol. The molecule has 0 bridgehead atoms. The third-order valence-corrected chi connectivity index (χ3v) is 5.76. The molecule has 0 aliphatic carbocycles. The quantitative estimate of drug-likeness (QED) is 0.826. The predicted octanol–water partition coefficient (Wildman–Crippen LogP) is 2.79. The Balaban J connectivity index is 2.43. The lowest BCUT2D eigenvalue weighted by atomic mass is 10.1. The van der Waals surface area contributed by atoms with Gasteiger partial charge in [0.15, 0.2) is 0 Å². The maximum Gasteiger partial charge on any atom is 0.243 e. The van der Waals surface area contributed by atoms with Crippen LogP contribution in [0.25, 0.3) is 0 Å². The minimum Gasteiger partial charge on any atom is -0.207 e. The Labute approximate surface area is 110 Å². The first-order valence-electron chi connectivity index (χ1n) is 6.51. The minimum absolute atomic E-state index is 0.479. The van der Waals surface area contributed by atoms with Crippen LogP contribution in [-0.4, -0.2) is 25.8 Å². The van der Waals surface area contributed by atoms with Gasteiger partial charge in [0.1, 0.15) is 0 Å². The fourth-order valence-electron chi connectivity index (χ4n) is 2.46. The Morgan fingerprint density at radius 3 is 2.06 bits per heavy atom. The van der Waals surface area contributed by atoms with Gasteiger partial charge in [0.05, 0.1) is 4.90 Å². The molecular formula is C14H21NO2S. The van der Waals surface area contributed by atoms with Crippen molar-refractivity contribution in [1.29, 1.82) is 0 Å². The molecule has 4 heteroatoms. The van der Waals surface area contributed by atoms with Gasteiger partial charge < -0.3 is 0 Å². The highest BCUT2D eigenvalue weighted by Crippen LogP contribution is 2.25. The van der Waals surface area contributed by atoms with E-state index in [-0.39, 0.29) is 0 Å². The molecule has 1 fully saturated rings. The Bertz CT molecular complexity index is 543. The van der Waals surface area contributed by atoms with Gasteiger partial charge in [0, 0.05) is 13.1 Å². The topological polar surface area (TPSA) is 37.4 Å². The summed E-state index contributed by atoms with van der Waals surface area (Å²) in [6.07, 6.45) is 3.09. The van der Waals surface area contributed by atoms with Crippen LogP contribution in [0.3, 0.4) is 0 Å². The van der Waals surface area contributed by atoms with Gasteiger partial charge in [-0.2, -0.15) is 4.31 Å². The third-order valence-electron chi connectivity index (χ3n) is 3.72. The van der Waals surface area contributed by atoms with Crippen LogP contribution in [0.15, 0.2) is 17.0 Å². The van der Waals surface area contributed by atoms with Gasteiger partial charge in [-0.05, 0) is 56.4 Å². The van der Waals surface area contributed by atoms with Gasteiger partial charge in [-0.25, -0.2) is 8.42 Å². The van der Waals surface area contributed by atoms with Crippen molar-refractivity contribution in [2.45, 2.75) is 44.9 Å². The zero-order chi connectivity index (χ0) is 13.3. The zero-order valence-corrected chi connectivity index (χ0v) is 12.2. The van der Waals surface area contributed by atoms with Gasteiger partial charge in [-0.15, -0.1) is 0 Å². The van der Waals surface area contributed by atoms with Gasteiger partial charge >= 0.3 is 0 Å². The van der Waals surface area contributed by atoms with E-state index in [9.17, 15) is 8.42 Å². The highest BCUT2D eigenvalue weighted by atomic mass is 32.2. The van der Waals surface area contributed by atoms with Crippen LogP contribution in [-0.2, 0) is 10.0 Å². The summed E-state index contributed by atoms with van der Waals surface area (Å²) in [4.78, 5) is 0.479. The SMILES string of the molecule is Cc1cc(C)c(S(=O)(=O)N2CCCCC2)cc1C. The minimum atomic E-state index is -3.30. The standard InChI is InChI=1S/C14H21NO2S/c1-11-9-13(3)14(10-12(11)2)18(16,17)15-7-5-4-6-8-15/h9-10H,4-8H2,1-3H3. The summed E-state index contributed by atoms with van der Waals surface area (Å²) in [5, 5.41) is 0. The molecule has 1 aromatic rings. The second-order valence-corrected chi connectivity index (χ2v) is 7.07. The average Bonchev–Trinajstić information content (AvgIpc) is 2.34. The van der Waals surface area contributed by atoms with Crippen molar-refractivity contribution < 1.29 is 8.42 Å². The molecule has 1 aliphatic rings. The van der Waals surface area contributed by atoms with Gasteiger partial charge in [-0.1, -0.05) is 12.5 Å². The van der Waals surface area contributed by atoms with E-state index in [0.29, 0.717) is 18.0 Å². The molecule has 100 valence electrons. The molecular weight excluding hydrogens is 246 g/mol. The Hall–Kier alpha value is -0.870. The molecule has 0 saturated carbocycles. The largest absolute Gasteiger partial charge is 0.243 e. The Kier molecular flexibility index (Phi) is 3.78. The molecule has 2 rings (SSSR count). The van der Waals surface area contributed by atoms with E-state index >= 15 is 0 Å². The van der Waals surface area contributed by atoms with Crippen molar-refractivity contribution in [2.24, 2.45) is 0 Å². The lowest BCUT2D eigenvalue weighted by Crippen LogP contribution is -2.36. The number of benzene rings is 1. The van der Waals surface area contributed by atoms with Gasteiger partial charge in [0.25, 0.3) is 0 Å². The number of hydrogen-bond donors (Lipinski definition) is 0. The number of aryl methyl sites for hydroxylation is 3. The van der Waals surface area contributed by atoms with E-state index < -0.39 is 10.0 Å². The highest BCUT2D eigenvalue weighted by molar-refractivity contribution is 7.89. The van der Waals surface area contributed by atoms with Crippen LogP contribution < -0.4 is 0 Å². The van der Waals surface area contributed by atoms with Crippen LogP contribution in [0, 0.1) is 20.8 Å². The second kappa shape index (κ2) is 5.02. The number of sulfonamides is 1. The molecule has 1 aliphatic heterocycles. The molecule has 18 heavy (non-hydrogen) atoms. The molecule has 0 N–H and O–H groups in total. The number of nitrogens with zero attached hydrogens (tertiary/aromatic N) is 1. The van der Waals surface area contributed by atoms with E-state index in [1.807, 2.05) is 32.9 Å².